The molecule has 1 aliphatic rings. The van der Waals surface area contributed by atoms with Gasteiger partial charge in [-0.3, -0.25) is 0 Å². The van der Waals surface area contributed by atoms with Crippen molar-refractivity contribution in [2.75, 3.05) is 20.1 Å². The Bertz CT molecular complexity index is 378. The molecule has 1 aliphatic heterocycles. The largest absolute Gasteiger partial charge is 0.302 e. The number of rotatable bonds is 1. The van der Waals surface area contributed by atoms with E-state index in [-0.39, 0.29) is 0 Å². The quantitative estimate of drug-likeness (QED) is 0.687. The molecular formula is C12H13F2N. The van der Waals surface area contributed by atoms with E-state index in [1.807, 2.05) is 13.1 Å². The number of hydrogen-bond acceptors (Lipinski definition) is 1. The molecule has 0 saturated carbocycles. The molecular weight excluding hydrogens is 196 g/mol. The summed E-state index contributed by atoms with van der Waals surface area (Å²) in [6.45, 7) is 1.78. The van der Waals surface area contributed by atoms with Gasteiger partial charge in [-0.05, 0) is 36.7 Å². The van der Waals surface area contributed by atoms with Crippen LogP contribution in [0.2, 0.25) is 0 Å². The van der Waals surface area contributed by atoms with E-state index in [0.717, 1.165) is 31.1 Å². The summed E-state index contributed by atoms with van der Waals surface area (Å²) in [5, 5.41) is 0. The van der Waals surface area contributed by atoms with Gasteiger partial charge in [0.25, 0.3) is 0 Å². The molecule has 0 atom stereocenters. The van der Waals surface area contributed by atoms with Gasteiger partial charge in [-0.1, -0.05) is 6.08 Å². The minimum Gasteiger partial charge on any atom is -0.302 e. The van der Waals surface area contributed by atoms with Crippen LogP contribution in [-0.2, 0) is 0 Å². The van der Waals surface area contributed by atoms with Crippen molar-refractivity contribution in [3.63, 3.8) is 0 Å². The third-order valence-corrected chi connectivity index (χ3v) is 2.65. The minimum atomic E-state index is -0.509. The van der Waals surface area contributed by atoms with Crippen LogP contribution in [0.1, 0.15) is 12.0 Å². The van der Waals surface area contributed by atoms with Gasteiger partial charge < -0.3 is 4.90 Å². The van der Waals surface area contributed by atoms with Gasteiger partial charge in [0.2, 0.25) is 0 Å². The molecule has 80 valence electrons. The SMILES string of the molecule is CN1CC=C(c2cc(F)cc(F)c2)CC1. The van der Waals surface area contributed by atoms with E-state index in [1.165, 1.54) is 12.1 Å². The zero-order valence-corrected chi connectivity index (χ0v) is 8.63. The lowest BCUT2D eigenvalue weighted by Gasteiger charge is -2.22. The van der Waals surface area contributed by atoms with E-state index in [1.54, 1.807) is 0 Å². The second-order valence-electron chi connectivity index (χ2n) is 3.90. The normalized spacial score (nSPS) is 17.7. The number of nitrogens with zero attached hydrogens (tertiary/aromatic N) is 1. The Morgan fingerprint density at radius 2 is 1.80 bits per heavy atom. The highest BCUT2D eigenvalue weighted by Gasteiger charge is 2.11. The predicted octanol–water partition coefficient (Wildman–Crippen LogP) is 2.68. The fraction of sp³-hybridized carbons (Fsp3) is 0.333. The van der Waals surface area contributed by atoms with Crippen LogP contribution in [0, 0.1) is 11.6 Å². The summed E-state index contributed by atoms with van der Waals surface area (Å²) in [4.78, 5) is 2.17. The van der Waals surface area contributed by atoms with Gasteiger partial charge in [0.15, 0.2) is 0 Å². The van der Waals surface area contributed by atoms with Crippen LogP contribution in [0.15, 0.2) is 24.3 Å². The first kappa shape index (κ1) is 10.3. The third-order valence-electron chi connectivity index (χ3n) is 2.65. The molecule has 0 saturated heterocycles. The van der Waals surface area contributed by atoms with Crippen molar-refractivity contribution in [3.8, 4) is 0 Å². The van der Waals surface area contributed by atoms with Gasteiger partial charge in [-0.2, -0.15) is 0 Å². The molecule has 0 spiro atoms. The average molecular weight is 209 g/mol. The molecule has 1 nitrogen and oxygen atoms in total. The summed E-state index contributed by atoms with van der Waals surface area (Å²) >= 11 is 0. The first-order chi connectivity index (χ1) is 7.15. The molecule has 0 fully saturated rings. The number of hydrogen-bond donors (Lipinski definition) is 0. The fourth-order valence-electron chi connectivity index (χ4n) is 1.77. The van der Waals surface area contributed by atoms with E-state index in [2.05, 4.69) is 4.90 Å². The van der Waals surface area contributed by atoms with Gasteiger partial charge in [-0.25, -0.2) is 8.78 Å². The Hall–Kier alpha value is -1.22. The first-order valence-electron chi connectivity index (χ1n) is 4.99. The summed E-state index contributed by atoms with van der Waals surface area (Å²) in [7, 11) is 2.03. The Kier molecular flexibility index (Phi) is 2.82. The van der Waals surface area contributed by atoms with Gasteiger partial charge in [-0.15, -0.1) is 0 Å². The van der Waals surface area contributed by atoms with Crippen LogP contribution in [-0.4, -0.2) is 25.0 Å². The highest BCUT2D eigenvalue weighted by Crippen LogP contribution is 2.23. The number of halogens is 2. The lowest BCUT2D eigenvalue weighted by atomic mass is 9.99. The van der Waals surface area contributed by atoms with Crippen molar-refractivity contribution >= 4 is 5.57 Å². The van der Waals surface area contributed by atoms with Crippen LogP contribution < -0.4 is 0 Å². The van der Waals surface area contributed by atoms with E-state index >= 15 is 0 Å². The first-order valence-corrected chi connectivity index (χ1v) is 4.99. The highest BCUT2D eigenvalue weighted by molar-refractivity contribution is 5.66. The van der Waals surface area contributed by atoms with Crippen molar-refractivity contribution in [3.05, 3.63) is 41.5 Å². The second-order valence-corrected chi connectivity index (χ2v) is 3.90. The van der Waals surface area contributed by atoms with Crippen molar-refractivity contribution in [1.29, 1.82) is 0 Å². The molecule has 2 rings (SSSR count). The Labute approximate surface area is 88.0 Å². The van der Waals surface area contributed by atoms with Gasteiger partial charge in [0.05, 0.1) is 0 Å². The number of benzene rings is 1. The van der Waals surface area contributed by atoms with Gasteiger partial charge in [0.1, 0.15) is 11.6 Å². The van der Waals surface area contributed by atoms with Crippen LogP contribution in [0.3, 0.4) is 0 Å². The van der Waals surface area contributed by atoms with Gasteiger partial charge in [0, 0.05) is 19.2 Å². The van der Waals surface area contributed by atoms with Crippen molar-refractivity contribution in [2.45, 2.75) is 6.42 Å². The average Bonchev–Trinajstić information content (AvgIpc) is 2.17. The summed E-state index contributed by atoms with van der Waals surface area (Å²) in [6.07, 6.45) is 2.87. The molecule has 0 unspecified atom stereocenters. The maximum Gasteiger partial charge on any atom is 0.126 e. The van der Waals surface area contributed by atoms with Crippen LogP contribution >= 0.6 is 0 Å². The van der Waals surface area contributed by atoms with Crippen LogP contribution in [0.25, 0.3) is 5.57 Å². The molecule has 0 amide bonds. The predicted molar refractivity (Wildman–Crippen MR) is 56.4 cm³/mol. The van der Waals surface area contributed by atoms with Crippen molar-refractivity contribution in [1.82, 2.24) is 4.90 Å². The summed E-state index contributed by atoms with van der Waals surface area (Å²) in [5.41, 5.74) is 1.70. The topological polar surface area (TPSA) is 3.24 Å². The Morgan fingerprint density at radius 1 is 1.13 bits per heavy atom. The van der Waals surface area contributed by atoms with Crippen LogP contribution in [0.5, 0.6) is 0 Å². The van der Waals surface area contributed by atoms with E-state index in [0.29, 0.717) is 5.56 Å². The van der Waals surface area contributed by atoms with E-state index in [9.17, 15) is 8.78 Å². The lowest BCUT2D eigenvalue weighted by molar-refractivity contribution is 0.370. The van der Waals surface area contributed by atoms with Crippen molar-refractivity contribution < 1.29 is 8.78 Å². The molecule has 1 aromatic carbocycles. The Balaban J connectivity index is 2.29. The number of likely N-dealkylation sites (N-methyl/N-ethyl adjacent to an activating group) is 1. The maximum absolute atomic E-state index is 13.0. The van der Waals surface area contributed by atoms with Crippen molar-refractivity contribution in [2.24, 2.45) is 0 Å². The summed E-state index contributed by atoms with van der Waals surface area (Å²) in [6, 6.07) is 3.68. The zero-order valence-electron chi connectivity index (χ0n) is 8.63. The molecule has 0 aromatic heterocycles. The summed E-state index contributed by atoms with van der Waals surface area (Å²) < 4.78 is 26.0. The lowest BCUT2D eigenvalue weighted by Crippen LogP contribution is -2.23. The molecule has 1 aromatic rings. The van der Waals surface area contributed by atoms with E-state index in [4.69, 9.17) is 0 Å². The standard InChI is InChI=1S/C12H13F2N/c1-15-4-2-9(3-5-15)10-6-11(13)8-12(14)7-10/h2,6-8H,3-5H2,1H3. The highest BCUT2D eigenvalue weighted by atomic mass is 19.1. The molecule has 15 heavy (non-hydrogen) atoms. The fourth-order valence-corrected chi connectivity index (χ4v) is 1.77. The summed E-state index contributed by atoms with van der Waals surface area (Å²) in [5.74, 6) is -1.02. The minimum absolute atomic E-state index is 0.509. The molecule has 0 radical (unpaired) electrons. The molecule has 3 heteroatoms. The zero-order chi connectivity index (χ0) is 10.8. The Morgan fingerprint density at radius 3 is 2.33 bits per heavy atom. The van der Waals surface area contributed by atoms with Gasteiger partial charge >= 0.3 is 0 Å². The molecule has 1 heterocycles. The monoisotopic (exact) mass is 209 g/mol. The second kappa shape index (κ2) is 4.11. The van der Waals surface area contributed by atoms with E-state index < -0.39 is 11.6 Å². The smallest absolute Gasteiger partial charge is 0.126 e. The molecule has 0 N–H and O–H groups in total. The van der Waals surface area contributed by atoms with Crippen LogP contribution in [0.4, 0.5) is 8.78 Å². The molecule has 0 aliphatic carbocycles. The molecule has 0 bridgehead atoms. The maximum atomic E-state index is 13.0. The third kappa shape index (κ3) is 2.42.